The van der Waals surface area contributed by atoms with Gasteiger partial charge in [-0.1, -0.05) is 6.07 Å². The molecule has 21 heavy (non-hydrogen) atoms. The van der Waals surface area contributed by atoms with Gasteiger partial charge in [-0.05, 0) is 12.1 Å². The monoisotopic (exact) mass is 291 g/mol. The smallest absolute Gasteiger partial charge is 0.339 e. The Balaban J connectivity index is 2.11. The number of carbonyl (C=O) groups excluding carboxylic acids is 1. The minimum atomic E-state index is -1.29. The summed E-state index contributed by atoms with van der Waals surface area (Å²) < 4.78 is 5.12. The van der Waals surface area contributed by atoms with Crippen LogP contribution in [0, 0.1) is 11.3 Å². The zero-order valence-corrected chi connectivity index (χ0v) is 10.9. The Kier molecular flexibility index (Phi) is 4.25. The number of nitrogens with zero attached hydrogens (tertiary/aromatic N) is 2. The molecule has 1 fully saturated rings. The average Bonchev–Trinajstić information content (AvgIpc) is 2.49. The number of aromatic hydroxyl groups is 1. The predicted octanol–water partition coefficient (Wildman–Crippen LogP) is 0.847. The van der Waals surface area contributed by atoms with Gasteiger partial charge in [0.1, 0.15) is 5.56 Å². The number of carboxylic acid groups (broad SMARTS) is 1. The number of anilines is 1. The highest BCUT2D eigenvalue weighted by atomic mass is 16.5. The van der Waals surface area contributed by atoms with Crippen LogP contribution >= 0.6 is 0 Å². The van der Waals surface area contributed by atoms with E-state index in [1.54, 1.807) is 0 Å². The van der Waals surface area contributed by atoms with Gasteiger partial charge in [0.05, 0.1) is 24.9 Å². The van der Waals surface area contributed by atoms with Crippen molar-refractivity contribution in [3.8, 4) is 11.8 Å². The Morgan fingerprint density at radius 1 is 1.48 bits per heavy atom. The molecule has 110 valence electrons. The van der Waals surface area contributed by atoms with E-state index >= 15 is 0 Å². The van der Waals surface area contributed by atoms with E-state index in [2.05, 4.69) is 5.32 Å². The molecule has 2 rings (SSSR count). The normalized spacial score (nSPS) is 17.9. The number of amides is 2. The molecule has 0 radical (unpaired) electrons. The van der Waals surface area contributed by atoms with Gasteiger partial charge >= 0.3 is 12.0 Å². The summed E-state index contributed by atoms with van der Waals surface area (Å²) in [6.07, 6.45) is -0.691. The van der Waals surface area contributed by atoms with E-state index in [0.29, 0.717) is 6.54 Å². The van der Waals surface area contributed by atoms with Crippen molar-refractivity contribution in [3.05, 3.63) is 23.8 Å². The number of morpholine rings is 1. The highest BCUT2D eigenvalue weighted by molar-refractivity contribution is 5.97. The molecule has 0 aliphatic carbocycles. The number of carboxylic acids is 1. The first-order valence-electron chi connectivity index (χ1n) is 6.15. The van der Waals surface area contributed by atoms with Gasteiger partial charge in [-0.25, -0.2) is 9.59 Å². The lowest BCUT2D eigenvalue weighted by Gasteiger charge is -2.29. The highest BCUT2D eigenvalue weighted by Gasteiger charge is 2.25. The first-order chi connectivity index (χ1) is 10.0. The van der Waals surface area contributed by atoms with Crippen molar-refractivity contribution in [1.29, 1.82) is 5.26 Å². The largest absolute Gasteiger partial charge is 0.505 e. The second-order valence-corrected chi connectivity index (χ2v) is 4.37. The summed E-state index contributed by atoms with van der Waals surface area (Å²) >= 11 is 0. The van der Waals surface area contributed by atoms with Crippen molar-refractivity contribution in [2.75, 3.05) is 25.0 Å². The SMILES string of the molecule is N#CC1CN(C(=O)Nc2cccc(C(=O)O)c2O)CCO1. The van der Waals surface area contributed by atoms with Crippen LogP contribution in [0.5, 0.6) is 5.75 Å². The summed E-state index contributed by atoms with van der Waals surface area (Å²) in [4.78, 5) is 24.3. The van der Waals surface area contributed by atoms with Crippen LogP contribution in [0.2, 0.25) is 0 Å². The van der Waals surface area contributed by atoms with E-state index in [1.165, 1.54) is 23.1 Å². The third-order valence-corrected chi connectivity index (χ3v) is 3.01. The molecule has 1 aromatic rings. The maximum Gasteiger partial charge on any atom is 0.339 e. The molecular formula is C13H13N3O5. The van der Waals surface area contributed by atoms with Crippen LogP contribution in [0.15, 0.2) is 18.2 Å². The van der Waals surface area contributed by atoms with E-state index in [-0.39, 0.29) is 24.4 Å². The quantitative estimate of drug-likeness (QED) is 0.694. The van der Waals surface area contributed by atoms with Crippen LogP contribution in [-0.2, 0) is 4.74 Å². The Morgan fingerprint density at radius 3 is 2.90 bits per heavy atom. The van der Waals surface area contributed by atoms with Crippen LogP contribution in [0.25, 0.3) is 0 Å². The maximum atomic E-state index is 12.1. The van der Waals surface area contributed by atoms with Crippen molar-refractivity contribution >= 4 is 17.7 Å². The molecular weight excluding hydrogens is 278 g/mol. The lowest BCUT2D eigenvalue weighted by Crippen LogP contribution is -2.46. The van der Waals surface area contributed by atoms with Crippen LogP contribution in [0.1, 0.15) is 10.4 Å². The topological polar surface area (TPSA) is 123 Å². The van der Waals surface area contributed by atoms with Crippen molar-refractivity contribution in [2.24, 2.45) is 0 Å². The average molecular weight is 291 g/mol. The number of benzene rings is 1. The molecule has 3 N–H and O–H groups in total. The third-order valence-electron chi connectivity index (χ3n) is 3.01. The van der Waals surface area contributed by atoms with E-state index in [1.807, 2.05) is 6.07 Å². The van der Waals surface area contributed by atoms with E-state index in [9.17, 15) is 14.7 Å². The Bertz CT molecular complexity index is 610. The maximum absolute atomic E-state index is 12.1. The number of phenols is 1. The Morgan fingerprint density at radius 2 is 2.24 bits per heavy atom. The number of carbonyl (C=O) groups is 2. The van der Waals surface area contributed by atoms with Crippen molar-refractivity contribution in [2.45, 2.75) is 6.10 Å². The summed E-state index contributed by atoms with van der Waals surface area (Å²) in [5, 5.41) is 29.9. The molecule has 1 heterocycles. The summed E-state index contributed by atoms with van der Waals surface area (Å²) in [5.41, 5.74) is -0.301. The molecule has 1 saturated heterocycles. The van der Waals surface area contributed by atoms with Crippen LogP contribution in [0.3, 0.4) is 0 Å². The molecule has 0 saturated carbocycles. The number of nitrogens with one attached hydrogen (secondary N) is 1. The number of para-hydroxylation sites is 1. The number of hydrogen-bond acceptors (Lipinski definition) is 5. The number of aromatic carboxylic acids is 1. The van der Waals surface area contributed by atoms with Crippen molar-refractivity contribution in [3.63, 3.8) is 0 Å². The standard InChI is InChI=1S/C13H13N3O5/c14-6-8-7-16(4-5-21-8)13(20)15-10-3-1-2-9(11(10)17)12(18)19/h1-3,8,17H,4-5,7H2,(H,15,20)(H,18,19). The van der Waals surface area contributed by atoms with Gasteiger partial charge in [-0.3, -0.25) is 0 Å². The molecule has 8 heteroatoms. The fourth-order valence-electron chi connectivity index (χ4n) is 1.92. The summed E-state index contributed by atoms with van der Waals surface area (Å²) in [5.74, 6) is -1.80. The molecule has 0 spiro atoms. The fraction of sp³-hybridized carbons (Fsp3) is 0.308. The van der Waals surface area contributed by atoms with Gasteiger partial charge in [-0.2, -0.15) is 5.26 Å². The second-order valence-electron chi connectivity index (χ2n) is 4.37. The molecule has 1 aliphatic rings. The van der Waals surface area contributed by atoms with Crippen LogP contribution < -0.4 is 5.32 Å². The summed E-state index contributed by atoms with van der Waals surface area (Å²) in [7, 11) is 0. The number of rotatable bonds is 2. The highest BCUT2D eigenvalue weighted by Crippen LogP contribution is 2.27. The van der Waals surface area contributed by atoms with Gasteiger partial charge in [0, 0.05) is 6.54 Å². The van der Waals surface area contributed by atoms with E-state index < -0.39 is 23.9 Å². The minimum absolute atomic E-state index is 0.0000931. The fourth-order valence-corrected chi connectivity index (χ4v) is 1.92. The number of hydrogen-bond donors (Lipinski definition) is 3. The number of urea groups is 1. The number of nitriles is 1. The minimum Gasteiger partial charge on any atom is -0.505 e. The first kappa shape index (κ1) is 14.6. The van der Waals surface area contributed by atoms with Gasteiger partial charge in [0.2, 0.25) is 0 Å². The Labute approximate surface area is 120 Å². The van der Waals surface area contributed by atoms with Crippen molar-refractivity contribution in [1.82, 2.24) is 4.90 Å². The zero-order valence-electron chi connectivity index (χ0n) is 10.9. The second kappa shape index (κ2) is 6.11. The van der Waals surface area contributed by atoms with Gasteiger partial charge < -0.3 is 25.2 Å². The van der Waals surface area contributed by atoms with Crippen LogP contribution in [0.4, 0.5) is 10.5 Å². The third kappa shape index (κ3) is 3.21. The summed E-state index contributed by atoms with van der Waals surface area (Å²) in [6.45, 7) is 0.665. The van der Waals surface area contributed by atoms with E-state index in [4.69, 9.17) is 15.1 Å². The van der Waals surface area contributed by atoms with Crippen LogP contribution in [-0.4, -0.2) is 52.9 Å². The van der Waals surface area contributed by atoms with Gasteiger partial charge in [0.15, 0.2) is 11.9 Å². The van der Waals surface area contributed by atoms with Gasteiger partial charge in [-0.15, -0.1) is 0 Å². The summed E-state index contributed by atoms with van der Waals surface area (Å²) in [6, 6.07) is 5.42. The lowest BCUT2D eigenvalue weighted by atomic mass is 10.1. The first-order valence-corrected chi connectivity index (χ1v) is 6.15. The molecule has 1 aliphatic heterocycles. The molecule has 0 bridgehead atoms. The molecule has 1 atom stereocenters. The van der Waals surface area contributed by atoms with Crippen molar-refractivity contribution < 1.29 is 24.5 Å². The molecule has 1 unspecified atom stereocenters. The number of ether oxygens (including phenoxy) is 1. The Hall–Kier alpha value is -2.79. The van der Waals surface area contributed by atoms with Gasteiger partial charge in [0.25, 0.3) is 0 Å². The molecule has 8 nitrogen and oxygen atoms in total. The predicted molar refractivity (Wildman–Crippen MR) is 71.0 cm³/mol. The zero-order chi connectivity index (χ0) is 15.4. The lowest BCUT2D eigenvalue weighted by molar-refractivity contribution is 0.0181. The molecule has 0 aromatic heterocycles. The molecule has 1 aromatic carbocycles. The van der Waals surface area contributed by atoms with E-state index in [0.717, 1.165) is 0 Å². The molecule has 2 amide bonds.